The van der Waals surface area contributed by atoms with Crippen molar-refractivity contribution in [1.82, 2.24) is 5.32 Å². The van der Waals surface area contributed by atoms with E-state index in [9.17, 15) is 4.39 Å². The Morgan fingerprint density at radius 3 is 2.67 bits per heavy atom. The highest BCUT2D eigenvalue weighted by molar-refractivity contribution is 6.33. The third-order valence-electron chi connectivity index (χ3n) is 3.57. The number of rotatable bonds is 4. The van der Waals surface area contributed by atoms with Gasteiger partial charge in [0.15, 0.2) is 0 Å². The van der Waals surface area contributed by atoms with Crippen LogP contribution in [0.1, 0.15) is 37.7 Å². The summed E-state index contributed by atoms with van der Waals surface area (Å²) in [6, 6.07) is 3.45. The molecule has 0 amide bonds. The molecular formula is C14H20ClFN2. The normalized spacial score (nSPS) is 16.8. The Hall–Kier alpha value is -0.800. The van der Waals surface area contributed by atoms with Gasteiger partial charge in [0, 0.05) is 19.6 Å². The molecule has 0 atom stereocenters. The fraction of sp³-hybridized carbons (Fsp3) is 0.571. The Morgan fingerprint density at radius 1 is 1.28 bits per heavy atom. The van der Waals surface area contributed by atoms with Crippen LogP contribution in [-0.2, 0) is 6.54 Å². The molecule has 0 bridgehead atoms. The Labute approximate surface area is 113 Å². The molecule has 18 heavy (non-hydrogen) atoms. The second-order valence-corrected chi connectivity index (χ2v) is 5.29. The maximum absolute atomic E-state index is 13.4. The van der Waals surface area contributed by atoms with Crippen molar-refractivity contribution in [2.75, 3.05) is 12.4 Å². The Morgan fingerprint density at radius 2 is 2.00 bits per heavy atom. The van der Waals surface area contributed by atoms with E-state index in [0.29, 0.717) is 17.6 Å². The largest absolute Gasteiger partial charge is 0.387 e. The molecule has 0 aliphatic heterocycles. The van der Waals surface area contributed by atoms with Crippen molar-refractivity contribution < 1.29 is 4.39 Å². The zero-order valence-electron chi connectivity index (χ0n) is 10.7. The van der Waals surface area contributed by atoms with Crippen molar-refractivity contribution >= 4 is 17.3 Å². The van der Waals surface area contributed by atoms with E-state index < -0.39 is 0 Å². The number of hydrogen-bond acceptors (Lipinski definition) is 2. The lowest BCUT2D eigenvalue weighted by Crippen LogP contribution is -2.30. The summed E-state index contributed by atoms with van der Waals surface area (Å²) in [4.78, 5) is 0. The van der Waals surface area contributed by atoms with Crippen molar-refractivity contribution in [3.63, 3.8) is 0 Å². The van der Waals surface area contributed by atoms with Crippen LogP contribution in [0.15, 0.2) is 12.1 Å². The molecule has 0 unspecified atom stereocenters. The predicted molar refractivity (Wildman–Crippen MR) is 74.7 cm³/mol. The maximum Gasteiger partial charge on any atom is 0.125 e. The topological polar surface area (TPSA) is 24.1 Å². The van der Waals surface area contributed by atoms with Crippen LogP contribution in [0.2, 0.25) is 5.02 Å². The molecule has 1 fully saturated rings. The van der Waals surface area contributed by atoms with Crippen LogP contribution in [0.3, 0.4) is 0 Å². The minimum absolute atomic E-state index is 0.278. The second-order valence-electron chi connectivity index (χ2n) is 4.89. The van der Waals surface area contributed by atoms with Gasteiger partial charge >= 0.3 is 0 Å². The number of benzene rings is 1. The molecule has 0 spiro atoms. The molecule has 100 valence electrons. The van der Waals surface area contributed by atoms with Gasteiger partial charge in [0.1, 0.15) is 5.82 Å². The van der Waals surface area contributed by atoms with Crippen molar-refractivity contribution in [2.24, 2.45) is 0 Å². The van der Waals surface area contributed by atoms with Crippen molar-refractivity contribution in [1.29, 1.82) is 0 Å². The van der Waals surface area contributed by atoms with Gasteiger partial charge in [-0.15, -0.1) is 0 Å². The van der Waals surface area contributed by atoms with Gasteiger partial charge in [0.05, 0.1) is 10.7 Å². The molecular weight excluding hydrogens is 251 g/mol. The van der Waals surface area contributed by atoms with Crippen LogP contribution in [-0.4, -0.2) is 13.1 Å². The van der Waals surface area contributed by atoms with E-state index in [4.69, 9.17) is 11.6 Å². The Balaban J connectivity index is 2.03. The molecule has 4 heteroatoms. The molecule has 0 radical (unpaired) electrons. The summed E-state index contributed by atoms with van der Waals surface area (Å²) in [6.45, 7) is 0.665. The van der Waals surface area contributed by atoms with Crippen molar-refractivity contribution in [2.45, 2.75) is 44.7 Å². The quantitative estimate of drug-likeness (QED) is 0.866. The first kappa shape index (κ1) is 13.6. The second kappa shape index (κ2) is 6.39. The lowest BCUT2D eigenvalue weighted by Gasteiger charge is -2.23. The standard InChI is InChI=1S/C14H20ClFN2/c1-17-14-10(7-11(16)8-13(14)15)9-18-12-5-3-2-4-6-12/h7-8,12,17-18H,2-6,9H2,1H3. The fourth-order valence-electron chi connectivity index (χ4n) is 2.61. The van der Waals surface area contributed by atoms with Crippen LogP contribution in [0.4, 0.5) is 10.1 Å². The van der Waals surface area contributed by atoms with Gasteiger partial charge in [-0.2, -0.15) is 0 Å². The minimum Gasteiger partial charge on any atom is -0.387 e. The van der Waals surface area contributed by atoms with Gasteiger partial charge < -0.3 is 10.6 Å². The van der Waals surface area contributed by atoms with Crippen LogP contribution in [0, 0.1) is 5.82 Å². The van der Waals surface area contributed by atoms with Gasteiger partial charge in [-0.3, -0.25) is 0 Å². The zero-order chi connectivity index (χ0) is 13.0. The van der Waals surface area contributed by atoms with Crippen LogP contribution < -0.4 is 10.6 Å². The van der Waals surface area contributed by atoms with E-state index in [0.717, 1.165) is 11.3 Å². The fourth-order valence-corrected chi connectivity index (χ4v) is 2.93. The highest BCUT2D eigenvalue weighted by Crippen LogP contribution is 2.27. The molecule has 1 saturated carbocycles. The van der Waals surface area contributed by atoms with Crippen LogP contribution in [0.5, 0.6) is 0 Å². The van der Waals surface area contributed by atoms with Crippen molar-refractivity contribution in [3.05, 3.63) is 28.5 Å². The highest BCUT2D eigenvalue weighted by atomic mass is 35.5. The number of nitrogens with one attached hydrogen (secondary N) is 2. The van der Waals surface area contributed by atoms with Crippen LogP contribution >= 0.6 is 11.6 Å². The molecule has 0 aromatic heterocycles. The first-order chi connectivity index (χ1) is 8.70. The maximum atomic E-state index is 13.4. The lowest BCUT2D eigenvalue weighted by molar-refractivity contribution is 0.372. The molecule has 0 saturated heterocycles. The molecule has 1 aromatic carbocycles. The Kier molecular flexibility index (Phi) is 4.84. The monoisotopic (exact) mass is 270 g/mol. The molecule has 0 heterocycles. The molecule has 1 aromatic rings. The number of hydrogen-bond donors (Lipinski definition) is 2. The van der Waals surface area contributed by atoms with Gasteiger partial charge in [-0.1, -0.05) is 30.9 Å². The Bertz CT molecular complexity index is 403. The summed E-state index contributed by atoms with van der Waals surface area (Å²) < 4.78 is 13.4. The van der Waals surface area contributed by atoms with E-state index in [2.05, 4.69) is 10.6 Å². The van der Waals surface area contributed by atoms with E-state index in [-0.39, 0.29) is 5.82 Å². The minimum atomic E-state index is -0.278. The molecule has 1 aliphatic rings. The molecule has 2 rings (SSSR count). The summed E-state index contributed by atoms with van der Waals surface area (Å²) in [5.74, 6) is -0.278. The van der Waals surface area contributed by atoms with E-state index in [1.807, 2.05) is 7.05 Å². The lowest BCUT2D eigenvalue weighted by atomic mass is 9.95. The van der Waals surface area contributed by atoms with Gasteiger partial charge in [0.2, 0.25) is 0 Å². The third kappa shape index (κ3) is 3.36. The highest BCUT2D eigenvalue weighted by Gasteiger charge is 2.14. The average Bonchev–Trinajstić information content (AvgIpc) is 2.37. The third-order valence-corrected chi connectivity index (χ3v) is 3.87. The van der Waals surface area contributed by atoms with Crippen molar-refractivity contribution in [3.8, 4) is 0 Å². The van der Waals surface area contributed by atoms with Gasteiger partial charge in [0.25, 0.3) is 0 Å². The van der Waals surface area contributed by atoms with E-state index >= 15 is 0 Å². The average molecular weight is 271 g/mol. The smallest absolute Gasteiger partial charge is 0.125 e. The summed E-state index contributed by atoms with van der Waals surface area (Å²) in [5.41, 5.74) is 1.72. The summed E-state index contributed by atoms with van der Waals surface area (Å²) in [6.07, 6.45) is 6.36. The van der Waals surface area contributed by atoms with E-state index in [1.54, 1.807) is 6.07 Å². The number of anilines is 1. The molecule has 2 N–H and O–H groups in total. The summed E-state index contributed by atoms with van der Waals surface area (Å²) in [7, 11) is 1.81. The SMILES string of the molecule is CNc1c(Cl)cc(F)cc1CNC1CCCCC1. The predicted octanol–water partition coefficient (Wildman–Crippen LogP) is 3.94. The molecule has 1 aliphatic carbocycles. The van der Waals surface area contributed by atoms with Gasteiger partial charge in [-0.05, 0) is 30.5 Å². The van der Waals surface area contributed by atoms with Crippen LogP contribution in [0.25, 0.3) is 0 Å². The number of halogens is 2. The first-order valence-electron chi connectivity index (χ1n) is 6.59. The first-order valence-corrected chi connectivity index (χ1v) is 6.97. The van der Waals surface area contributed by atoms with Gasteiger partial charge in [-0.25, -0.2) is 4.39 Å². The zero-order valence-corrected chi connectivity index (χ0v) is 11.5. The summed E-state index contributed by atoms with van der Waals surface area (Å²) in [5, 5.41) is 6.98. The summed E-state index contributed by atoms with van der Waals surface area (Å²) >= 11 is 6.03. The molecule has 2 nitrogen and oxygen atoms in total. The van der Waals surface area contributed by atoms with E-state index in [1.165, 1.54) is 38.2 Å².